The smallest absolute Gasteiger partial charge is 0.243 e. The van der Waals surface area contributed by atoms with Crippen molar-refractivity contribution in [2.45, 2.75) is 12.1 Å². The molecule has 2 atom stereocenters. The molecule has 1 spiro atoms. The Balaban J connectivity index is 1.41. The van der Waals surface area contributed by atoms with Crippen LogP contribution in [0.2, 0.25) is 0 Å². The molecule has 2 aromatic heterocycles. The Morgan fingerprint density at radius 3 is 2.42 bits per heavy atom. The number of carbonyl (C=O) groups excluding carboxylic acids is 1. The number of carbonyl (C=O) groups is 1. The zero-order valence-corrected chi connectivity index (χ0v) is 22.1. The van der Waals surface area contributed by atoms with Crippen molar-refractivity contribution in [1.82, 2.24) is 15.3 Å². The molecule has 12 heteroatoms. The van der Waals surface area contributed by atoms with Gasteiger partial charge in [-0.3, -0.25) is 4.79 Å². The predicted molar refractivity (Wildman–Crippen MR) is 144 cm³/mol. The van der Waals surface area contributed by atoms with Crippen LogP contribution >= 0.6 is 0 Å². The lowest BCUT2D eigenvalue weighted by molar-refractivity contribution is -0.127. The number of fused-ring (bicyclic) bond motifs is 1. The van der Waals surface area contributed by atoms with Crippen LogP contribution in [0.4, 0.5) is 20.4 Å². The van der Waals surface area contributed by atoms with Crippen molar-refractivity contribution in [3.05, 3.63) is 48.7 Å². The van der Waals surface area contributed by atoms with Crippen LogP contribution in [-0.4, -0.2) is 81.7 Å². The van der Waals surface area contributed by atoms with E-state index in [1.807, 2.05) is 6.07 Å². The van der Waals surface area contributed by atoms with E-state index < -0.39 is 11.6 Å². The van der Waals surface area contributed by atoms with Crippen LogP contribution in [0.3, 0.4) is 0 Å². The lowest BCUT2D eigenvalue weighted by Gasteiger charge is -2.55. The standard InChI is InChI=1S/C28H29F2N5O5/c1-4-23(36)33-19-10-39-9-18(19)32-22-6-16-15(8-31-22)5-17(34-27(16)35-11-28(12-35)13-40-14-28)24-25(29)20(37-2)7-21(38-3)26(24)30/h4-8,18-19H,1,9-14H2,2-3H3,(H,31,32)(H,33,36)/t18-,19+/m1/s1. The third kappa shape index (κ3) is 4.46. The maximum atomic E-state index is 15.4. The van der Waals surface area contributed by atoms with Crippen molar-refractivity contribution in [2.75, 3.05) is 64.0 Å². The topological polar surface area (TPSA) is 107 Å². The summed E-state index contributed by atoms with van der Waals surface area (Å²) in [4.78, 5) is 23.2. The molecule has 1 amide bonds. The monoisotopic (exact) mass is 553 g/mol. The fourth-order valence-corrected chi connectivity index (χ4v) is 5.44. The van der Waals surface area contributed by atoms with Gasteiger partial charge in [0.2, 0.25) is 5.91 Å². The number of hydrogen-bond acceptors (Lipinski definition) is 9. The van der Waals surface area contributed by atoms with Crippen LogP contribution in [0.5, 0.6) is 11.5 Å². The van der Waals surface area contributed by atoms with Gasteiger partial charge < -0.3 is 34.5 Å². The molecule has 210 valence electrons. The van der Waals surface area contributed by atoms with Crippen molar-refractivity contribution in [3.63, 3.8) is 0 Å². The minimum absolute atomic E-state index is 0.0750. The number of amides is 1. The van der Waals surface area contributed by atoms with E-state index in [1.165, 1.54) is 26.4 Å². The molecule has 0 aliphatic carbocycles. The van der Waals surface area contributed by atoms with Gasteiger partial charge in [-0.25, -0.2) is 18.7 Å². The molecule has 0 radical (unpaired) electrons. The van der Waals surface area contributed by atoms with Gasteiger partial charge in [0.1, 0.15) is 11.6 Å². The van der Waals surface area contributed by atoms with Crippen LogP contribution in [0.15, 0.2) is 37.1 Å². The molecule has 2 N–H and O–H groups in total. The normalized spacial score (nSPS) is 21.1. The van der Waals surface area contributed by atoms with E-state index in [-0.39, 0.29) is 46.2 Å². The first-order valence-electron chi connectivity index (χ1n) is 12.9. The molecule has 0 saturated carbocycles. The quantitative estimate of drug-likeness (QED) is 0.407. The number of ether oxygens (including phenoxy) is 4. The van der Waals surface area contributed by atoms with Crippen LogP contribution in [-0.2, 0) is 14.3 Å². The Morgan fingerprint density at radius 1 is 1.10 bits per heavy atom. The largest absolute Gasteiger partial charge is 0.494 e. The highest BCUT2D eigenvalue weighted by molar-refractivity contribution is 5.96. The summed E-state index contributed by atoms with van der Waals surface area (Å²) < 4.78 is 52.1. The van der Waals surface area contributed by atoms with E-state index in [2.05, 4.69) is 27.1 Å². The lowest BCUT2D eigenvalue weighted by atomic mass is 9.78. The number of rotatable bonds is 8. The fourth-order valence-electron chi connectivity index (χ4n) is 5.44. The van der Waals surface area contributed by atoms with E-state index in [0.29, 0.717) is 56.5 Å². The van der Waals surface area contributed by atoms with E-state index in [9.17, 15) is 4.79 Å². The Kier molecular flexibility index (Phi) is 6.67. The van der Waals surface area contributed by atoms with E-state index in [1.54, 1.807) is 12.3 Å². The van der Waals surface area contributed by atoms with Gasteiger partial charge in [0.05, 0.1) is 69.4 Å². The van der Waals surface area contributed by atoms with Gasteiger partial charge in [-0.15, -0.1) is 0 Å². The Bertz CT molecular complexity index is 1460. The van der Waals surface area contributed by atoms with Gasteiger partial charge in [-0.1, -0.05) is 6.58 Å². The van der Waals surface area contributed by atoms with Crippen LogP contribution in [0.25, 0.3) is 22.0 Å². The number of hydrogen-bond donors (Lipinski definition) is 2. The summed E-state index contributed by atoms with van der Waals surface area (Å²) in [7, 11) is 2.61. The zero-order chi connectivity index (χ0) is 28.0. The molecule has 1 aromatic carbocycles. The average Bonchev–Trinajstić information content (AvgIpc) is 3.33. The second kappa shape index (κ2) is 10.2. The number of methoxy groups -OCH3 is 2. The Hall–Kier alpha value is -4.03. The second-order valence-corrected chi connectivity index (χ2v) is 10.4. The van der Waals surface area contributed by atoms with Crippen molar-refractivity contribution in [1.29, 1.82) is 0 Å². The molecule has 10 nitrogen and oxygen atoms in total. The van der Waals surface area contributed by atoms with Crippen LogP contribution < -0.4 is 25.0 Å². The molecular formula is C28H29F2N5O5. The van der Waals surface area contributed by atoms with Crippen molar-refractivity contribution >= 4 is 28.3 Å². The third-order valence-corrected chi connectivity index (χ3v) is 7.62. The fraction of sp³-hybridized carbons (Fsp3) is 0.393. The molecule has 3 fully saturated rings. The average molecular weight is 554 g/mol. The summed E-state index contributed by atoms with van der Waals surface area (Å²) in [6.45, 7) is 7.01. The van der Waals surface area contributed by atoms with Gasteiger partial charge in [0, 0.05) is 36.1 Å². The maximum Gasteiger partial charge on any atom is 0.243 e. The summed E-state index contributed by atoms with van der Waals surface area (Å²) in [5, 5.41) is 7.62. The van der Waals surface area contributed by atoms with E-state index >= 15 is 8.78 Å². The van der Waals surface area contributed by atoms with Gasteiger partial charge in [-0.2, -0.15) is 0 Å². The highest BCUT2D eigenvalue weighted by atomic mass is 19.1. The second-order valence-electron chi connectivity index (χ2n) is 10.4. The first-order valence-corrected chi connectivity index (χ1v) is 12.9. The Morgan fingerprint density at radius 2 is 1.80 bits per heavy atom. The molecule has 5 heterocycles. The van der Waals surface area contributed by atoms with Crippen molar-refractivity contribution < 1.29 is 32.5 Å². The molecule has 0 unspecified atom stereocenters. The first-order chi connectivity index (χ1) is 19.3. The number of nitrogens with zero attached hydrogens (tertiary/aromatic N) is 3. The van der Waals surface area contributed by atoms with Crippen molar-refractivity contribution in [2.24, 2.45) is 5.41 Å². The van der Waals surface area contributed by atoms with Gasteiger partial charge in [0.25, 0.3) is 0 Å². The molecule has 3 aliphatic rings. The molecular weight excluding hydrogens is 524 g/mol. The van der Waals surface area contributed by atoms with E-state index in [4.69, 9.17) is 23.9 Å². The minimum atomic E-state index is -0.869. The molecule has 6 rings (SSSR count). The predicted octanol–water partition coefficient (Wildman–Crippen LogP) is 2.91. The molecule has 3 aliphatic heterocycles. The summed E-state index contributed by atoms with van der Waals surface area (Å²) >= 11 is 0. The molecule has 0 bridgehead atoms. The summed E-state index contributed by atoms with van der Waals surface area (Å²) in [5.74, 6) is -1.19. The summed E-state index contributed by atoms with van der Waals surface area (Å²) in [5.41, 5.74) is -0.168. The first kappa shape index (κ1) is 26.2. The third-order valence-electron chi connectivity index (χ3n) is 7.62. The number of aromatic nitrogens is 2. The SMILES string of the molecule is C=CC(=O)N[C@H]1COC[C@H]1Nc1cc2c(N3CC4(COC4)C3)nc(-c3c(F)c(OC)cc(OC)c3F)cc2cn1. The van der Waals surface area contributed by atoms with Gasteiger partial charge in [-0.05, 0) is 18.2 Å². The number of halogens is 2. The lowest BCUT2D eigenvalue weighted by Crippen LogP contribution is -2.66. The van der Waals surface area contributed by atoms with Crippen LogP contribution in [0.1, 0.15) is 0 Å². The number of benzene rings is 1. The highest BCUT2D eigenvalue weighted by Crippen LogP contribution is 2.44. The highest BCUT2D eigenvalue weighted by Gasteiger charge is 2.50. The molecule has 3 aromatic rings. The van der Waals surface area contributed by atoms with E-state index in [0.717, 1.165) is 5.39 Å². The zero-order valence-electron chi connectivity index (χ0n) is 22.1. The van der Waals surface area contributed by atoms with Crippen molar-refractivity contribution in [3.8, 4) is 22.8 Å². The number of nitrogens with one attached hydrogen (secondary N) is 2. The number of pyridine rings is 2. The minimum Gasteiger partial charge on any atom is -0.494 e. The maximum absolute atomic E-state index is 15.4. The Labute approximate surface area is 229 Å². The summed E-state index contributed by atoms with van der Waals surface area (Å²) in [6, 6.07) is 4.15. The van der Waals surface area contributed by atoms with Crippen LogP contribution in [0, 0.1) is 17.0 Å². The van der Waals surface area contributed by atoms with Gasteiger partial charge in [0.15, 0.2) is 23.1 Å². The summed E-state index contributed by atoms with van der Waals surface area (Å²) in [6.07, 6.45) is 2.85. The van der Waals surface area contributed by atoms with Gasteiger partial charge >= 0.3 is 0 Å². The molecule has 3 saturated heterocycles. The molecule has 40 heavy (non-hydrogen) atoms. The number of anilines is 2.